The van der Waals surface area contributed by atoms with Crippen LogP contribution in [0.3, 0.4) is 0 Å². The molecule has 0 N–H and O–H groups in total. The van der Waals surface area contributed by atoms with Crippen LogP contribution in [0.15, 0.2) is 18.3 Å². The molecular formula is C12H16ClN2S+. The lowest BCUT2D eigenvalue weighted by molar-refractivity contribution is -0.486. The Bertz CT molecular complexity index is 400. The monoisotopic (exact) mass is 255 g/mol. The Morgan fingerprint density at radius 2 is 2.38 bits per heavy atom. The van der Waals surface area contributed by atoms with Gasteiger partial charge < -0.3 is 0 Å². The highest BCUT2D eigenvalue weighted by atomic mass is 35.5. The van der Waals surface area contributed by atoms with E-state index in [0.29, 0.717) is 11.1 Å². The van der Waals surface area contributed by atoms with Gasteiger partial charge in [0.2, 0.25) is 5.04 Å². The van der Waals surface area contributed by atoms with Crippen LogP contribution >= 0.6 is 23.4 Å². The Morgan fingerprint density at radius 1 is 1.56 bits per heavy atom. The van der Waals surface area contributed by atoms with E-state index in [4.69, 9.17) is 11.6 Å². The zero-order valence-corrected chi connectivity index (χ0v) is 11.2. The van der Waals surface area contributed by atoms with Crippen LogP contribution in [0.2, 0.25) is 5.15 Å². The number of halogens is 1. The highest BCUT2D eigenvalue weighted by molar-refractivity contribution is 8.13. The molecule has 0 saturated carbocycles. The third kappa shape index (κ3) is 2.58. The van der Waals surface area contributed by atoms with Gasteiger partial charge in [-0.1, -0.05) is 29.4 Å². The molecule has 2 rings (SSSR count). The first-order chi connectivity index (χ1) is 7.70. The molecule has 1 aromatic heterocycles. The maximum Gasteiger partial charge on any atom is 0.213 e. The molecule has 1 aliphatic heterocycles. The van der Waals surface area contributed by atoms with Crippen molar-refractivity contribution in [3.63, 3.8) is 0 Å². The van der Waals surface area contributed by atoms with Crippen LogP contribution in [0.5, 0.6) is 0 Å². The fourth-order valence-corrected chi connectivity index (χ4v) is 3.27. The van der Waals surface area contributed by atoms with Crippen LogP contribution in [-0.4, -0.2) is 34.5 Å². The number of aromatic nitrogens is 1. The lowest BCUT2D eigenvalue weighted by Gasteiger charge is -2.07. The van der Waals surface area contributed by atoms with E-state index < -0.39 is 0 Å². The summed E-state index contributed by atoms with van der Waals surface area (Å²) >= 11 is 7.65. The van der Waals surface area contributed by atoms with Gasteiger partial charge in [0.1, 0.15) is 18.7 Å². The third-order valence-electron chi connectivity index (χ3n) is 3.02. The van der Waals surface area contributed by atoms with E-state index in [1.807, 2.05) is 24.0 Å². The van der Waals surface area contributed by atoms with E-state index in [0.717, 1.165) is 6.42 Å². The fraction of sp³-hybridized carbons (Fsp3) is 0.500. The summed E-state index contributed by atoms with van der Waals surface area (Å²) in [5.74, 6) is 0.656. The van der Waals surface area contributed by atoms with Crippen LogP contribution < -0.4 is 0 Å². The van der Waals surface area contributed by atoms with Crippen molar-refractivity contribution in [1.29, 1.82) is 0 Å². The number of hydrogen-bond acceptors (Lipinski definition) is 2. The molecule has 2 heterocycles. The summed E-state index contributed by atoms with van der Waals surface area (Å²) in [5.41, 5.74) is 1.27. The topological polar surface area (TPSA) is 15.9 Å². The maximum atomic E-state index is 5.78. The number of nitrogens with zero attached hydrogens (tertiary/aromatic N) is 2. The molecule has 4 heteroatoms. The summed E-state index contributed by atoms with van der Waals surface area (Å²) < 4.78 is 2.36. The second kappa shape index (κ2) is 5.19. The summed E-state index contributed by atoms with van der Waals surface area (Å²) in [6.45, 7) is 1.17. The van der Waals surface area contributed by atoms with Crippen molar-refractivity contribution in [2.75, 3.05) is 19.8 Å². The van der Waals surface area contributed by atoms with Crippen molar-refractivity contribution >= 4 is 28.4 Å². The van der Waals surface area contributed by atoms with E-state index in [1.54, 1.807) is 0 Å². The molecule has 1 aliphatic rings. The smallest absolute Gasteiger partial charge is 0.213 e. The van der Waals surface area contributed by atoms with Gasteiger partial charge in [-0.2, -0.15) is 0 Å². The minimum Gasteiger partial charge on any atom is -0.244 e. The fourth-order valence-electron chi connectivity index (χ4n) is 2.22. The van der Waals surface area contributed by atoms with E-state index in [9.17, 15) is 0 Å². The van der Waals surface area contributed by atoms with E-state index in [-0.39, 0.29) is 0 Å². The molecule has 0 saturated heterocycles. The van der Waals surface area contributed by atoms with Gasteiger partial charge in [-0.15, -0.1) is 0 Å². The Balaban J connectivity index is 2.08. The predicted octanol–water partition coefficient (Wildman–Crippen LogP) is 2.70. The first-order valence-electron chi connectivity index (χ1n) is 5.43. The summed E-state index contributed by atoms with van der Waals surface area (Å²) in [7, 11) is 2.17. The first kappa shape index (κ1) is 11.9. The van der Waals surface area contributed by atoms with Crippen LogP contribution in [0, 0.1) is 5.92 Å². The largest absolute Gasteiger partial charge is 0.244 e. The van der Waals surface area contributed by atoms with Crippen LogP contribution in [0.1, 0.15) is 12.0 Å². The second-order valence-corrected chi connectivity index (χ2v) is 5.36. The van der Waals surface area contributed by atoms with Crippen LogP contribution in [-0.2, 0) is 6.42 Å². The predicted molar refractivity (Wildman–Crippen MR) is 70.6 cm³/mol. The van der Waals surface area contributed by atoms with Gasteiger partial charge in [-0.3, -0.25) is 0 Å². The number of pyridine rings is 1. The molecule has 0 aromatic carbocycles. The molecule has 86 valence electrons. The molecule has 0 fully saturated rings. The summed E-state index contributed by atoms with van der Waals surface area (Å²) in [4.78, 5) is 4.13. The van der Waals surface area contributed by atoms with Crippen molar-refractivity contribution in [3.8, 4) is 0 Å². The average Bonchev–Trinajstić information content (AvgIpc) is 2.63. The van der Waals surface area contributed by atoms with Crippen molar-refractivity contribution in [3.05, 3.63) is 29.0 Å². The van der Waals surface area contributed by atoms with E-state index >= 15 is 0 Å². The standard InChI is InChI=1S/C12H16ClN2S/c1-15-6-5-10(12(15)16-2)7-9-3-4-11(13)14-8-9/h3-4,8,10H,5-7H2,1-2H3/q+1. The SMILES string of the molecule is CSC1=[N+](C)CCC1Cc1ccc(Cl)nc1. The summed E-state index contributed by atoms with van der Waals surface area (Å²) in [6, 6.07) is 3.94. The average molecular weight is 256 g/mol. The summed E-state index contributed by atoms with van der Waals surface area (Å²) in [6.07, 6.45) is 6.36. The number of hydrogen-bond donors (Lipinski definition) is 0. The highest BCUT2D eigenvalue weighted by Gasteiger charge is 2.30. The van der Waals surface area contributed by atoms with Crippen LogP contribution in [0.4, 0.5) is 0 Å². The zero-order chi connectivity index (χ0) is 11.5. The van der Waals surface area contributed by atoms with Crippen LogP contribution in [0.25, 0.3) is 0 Å². The van der Waals surface area contributed by atoms with E-state index in [1.165, 1.54) is 23.6 Å². The second-order valence-electron chi connectivity index (χ2n) is 4.14. The van der Waals surface area contributed by atoms with Crippen molar-refractivity contribution in [2.24, 2.45) is 5.92 Å². The minimum atomic E-state index is 0.571. The van der Waals surface area contributed by atoms with Gasteiger partial charge in [0.25, 0.3) is 0 Å². The zero-order valence-electron chi connectivity index (χ0n) is 9.61. The molecule has 0 amide bonds. The van der Waals surface area contributed by atoms with Crippen molar-refractivity contribution in [2.45, 2.75) is 12.8 Å². The normalized spacial score (nSPS) is 20.6. The molecule has 0 aliphatic carbocycles. The Kier molecular flexibility index (Phi) is 3.87. The molecule has 1 unspecified atom stereocenters. The molecule has 0 spiro atoms. The van der Waals surface area contributed by atoms with Gasteiger partial charge in [0.15, 0.2) is 0 Å². The van der Waals surface area contributed by atoms with Crippen molar-refractivity contribution < 1.29 is 4.58 Å². The van der Waals surface area contributed by atoms with E-state index in [2.05, 4.69) is 28.9 Å². The molecule has 2 nitrogen and oxygen atoms in total. The minimum absolute atomic E-state index is 0.571. The van der Waals surface area contributed by atoms with Gasteiger partial charge >= 0.3 is 0 Å². The van der Waals surface area contributed by atoms with Crippen molar-refractivity contribution in [1.82, 2.24) is 4.98 Å². The lowest BCUT2D eigenvalue weighted by atomic mass is 10.0. The van der Waals surface area contributed by atoms with Gasteiger partial charge in [-0.25, -0.2) is 9.56 Å². The molecular weight excluding hydrogens is 240 g/mol. The molecule has 0 radical (unpaired) electrons. The molecule has 1 atom stereocenters. The molecule has 1 aromatic rings. The molecule has 16 heavy (non-hydrogen) atoms. The quantitative estimate of drug-likeness (QED) is 0.597. The third-order valence-corrected chi connectivity index (χ3v) is 4.31. The summed E-state index contributed by atoms with van der Waals surface area (Å²) in [5, 5.41) is 2.07. The number of thioether (sulfide) groups is 1. The highest BCUT2D eigenvalue weighted by Crippen LogP contribution is 2.24. The Labute approximate surface area is 106 Å². The lowest BCUT2D eigenvalue weighted by Crippen LogP contribution is -2.13. The Hall–Kier alpha value is -0.540. The Morgan fingerprint density at radius 3 is 3.00 bits per heavy atom. The first-order valence-corrected chi connectivity index (χ1v) is 7.03. The van der Waals surface area contributed by atoms with Gasteiger partial charge in [0.05, 0.1) is 5.92 Å². The molecule has 0 bridgehead atoms. The number of rotatable bonds is 2. The van der Waals surface area contributed by atoms with Gasteiger partial charge in [0, 0.05) is 12.6 Å². The maximum absolute atomic E-state index is 5.78. The van der Waals surface area contributed by atoms with Gasteiger partial charge in [-0.05, 0) is 24.3 Å².